The van der Waals surface area contributed by atoms with E-state index in [0.29, 0.717) is 19.5 Å². The predicted molar refractivity (Wildman–Crippen MR) is 96.2 cm³/mol. The van der Waals surface area contributed by atoms with Crippen molar-refractivity contribution in [2.75, 3.05) is 6.54 Å². The maximum atomic E-state index is 12.3. The number of benzene rings is 1. The Morgan fingerprint density at radius 3 is 2.71 bits per heavy atom. The number of aryl methyl sites for hydroxylation is 4. The third kappa shape index (κ3) is 3.20. The molecular formula is C19H24N4O. The molecule has 0 radical (unpaired) electrons. The SMILES string of the molecule is Cc1ccn(CCNC(=O)Cc2c(C)[nH]c3c(C)c(C)ccc23)n1. The van der Waals surface area contributed by atoms with Crippen LogP contribution in [0.1, 0.15) is 28.1 Å². The van der Waals surface area contributed by atoms with Crippen molar-refractivity contribution >= 4 is 16.8 Å². The van der Waals surface area contributed by atoms with Gasteiger partial charge in [0.05, 0.1) is 18.7 Å². The van der Waals surface area contributed by atoms with E-state index in [1.807, 2.05) is 30.8 Å². The lowest BCUT2D eigenvalue weighted by Gasteiger charge is -2.06. The minimum absolute atomic E-state index is 0.0427. The van der Waals surface area contributed by atoms with Crippen LogP contribution in [0.15, 0.2) is 24.4 Å². The van der Waals surface area contributed by atoms with Gasteiger partial charge in [-0.2, -0.15) is 5.10 Å². The summed E-state index contributed by atoms with van der Waals surface area (Å²) in [6, 6.07) is 6.18. The second kappa shape index (κ2) is 6.51. The van der Waals surface area contributed by atoms with Gasteiger partial charge in [0.1, 0.15) is 0 Å². The summed E-state index contributed by atoms with van der Waals surface area (Å²) in [6.45, 7) is 9.48. The molecule has 1 aromatic carbocycles. The molecule has 3 rings (SSSR count). The molecule has 2 N–H and O–H groups in total. The number of nitrogens with one attached hydrogen (secondary N) is 2. The van der Waals surface area contributed by atoms with Crippen LogP contribution in [0, 0.1) is 27.7 Å². The summed E-state index contributed by atoms with van der Waals surface area (Å²) < 4.78 is 1.85. The van der Waals surface area contributed by atoms with Crippen LogP contribution in [-0.2, 0) is 17.8 Å². The van der Waals surface area contributed by atoms with Crippen molar-refractivity contribution in [3.63, 3.8) is 0 Å². The van der Waals surface area contributed by atoms with Crippen molar-refractivity contribution in [3.05, 3.63) is 52.5 Å². The molecule has 0 aliphatic heterocycles. The number of rotatable bonds is 5. The van der Waals surface area contributed by atoms with Crippen LogP contribution < -0.4 is 5.32 Å². The fraction of sp³-hybridized carbons (Fsp3) is 0.368. The van der Waals surface area contributed by atoms with E-state index in [4.69, 9.17) is 0 Å². The number of hydrogen-bond donors (Lipinski definition) is 2. The zero-order valence-electron chi connectivity index (χ0n) is 14.7. The molecule has 5 nitrogen and oxygen atoms in total. The quantitative estimate of drug-likeness (QED) is 0.758. The van der Waals surface area contributed by atoms with Crippen LogP contribution in [0.3, 0.4) is 0 Å². The minimum Gasteiger partial charge on any atom is -0.358 e. The van der Waals surface area contributed by atoms with Gasteiger partial charge in [-0.1, -0.05) is 12.1 Å². The molecule has 0 aliphatic carbocycles. The second-order valence-corrected chi connectivity index (χ2v) is 6.41. The van der Waals surface area contributed by atoms with E-state index in [2.05, 4.69) is 41.4 Å². The Morgan fingerprint density at radius 1 is 1.21 bits per heavy atom. The number of carbonyl (C=O) groups excluding carboxylic acids is 1. The van der Waals surface area contributed by atoms with Gasteiger partial charge in [-0.05, 0) is 50.5 Å². The first-order chi connectivity index (χ1) is 11.5. The third-order valence-corrected chi connectivity index (χ3v) is 4.60. The predicted octanol–water partition coefficient (Wildman–Crippen LogP) is 2.96. The molecule has 0 atom stereocenters. The fourth-order valence-corrected chi connectivity index (χ4v) is 3.04. The number of hydrogen-bond acceptors (Lipinski definition) is 2. The van der Waals surface area contributed by atoms with Crippen molar-refractivity contribution < 1.29 is 4.79 Å². The Bertz CT molecular complexity index is 888. The van der Waals surface area contributed by atoms with E-state index in [0.717, 1.165) is 27.9 Å². The van der Waals surface area contributed by atoms with Gasteiger partial charge in [-0.25, -0.2) is 0 Å². The first kappa shape index (κ1) is 16.3. The van der Waals surface area contributed by atoms with Gasteiger partial charge in [0.2, 0.25) is 5.91 Å². The van der Waals surface area contributed by atoms with E-state index in [-0.39, 0.29) is 5.91 Å². The number of carbonyl (C=O) groups is 1. The molecule has 1 amide bonds. The van der Waals surface area contributed by atoms with Crippen molar-refractivity contribution in [1.29, 1.82) is 0 Å². The van der Waals surface area contributed by atoms with Gasteiger partial charge >= 0.3 is 0 Å². The van der Waals surface area contributed by atoms with Crippen molar-refractivity contribution in [2.45, 2.75) is 40.7 Å². The molecule has 0 saturated carbocycles. The van der Waals surface area contributed by atoms with E-state index in [1.54, 1.807) is 0 Å². The van der Waals surface area contributed by atoms with Crippen LogP contribution in [0.25, 0.3) is 10.9 Å². The summed E-state index contributed by atoms with van der Waals surface area (Å²) >= 11 is 0. The van der Waals surface area contributed by atoms with E-state index < -0.39 is 0 Å². The second-order valence-electron chi connectivity index (χ2n) is 6.41. The number of aromatic amines is 1. The van der Waals surface area contributed by atoms with Crippen molar-refractivity contribution in [1.82, 2.24) is 20.1 Å². The van der Waals surface area contributed by atoms with E-state index >= 15 is 0 Å². The monoisotopic (exact) mass is 324 g/mol. The van der Waals surface area contributed by atoms with Crippen LogP contribution in [0.2, 0.25) is 0 Å². The normalized spacial score (nSPS) is 11.2. The average molecular weight is 324 g/mol. The zero-order chi connectivity index (χ0) is 17.3. The highest BCUT2D eigenvalue weighted by Gasteiger charge is 2.14. The Hall–Kier alpha value is -2.56. The summed E-state index contributed by atoms with van der Waals surface area (Å²) in [5.74, 6) is 0.0427. The third-order valence-electron chi connectivity index (χ3n) is 4.60. The average Bonchev–Trinajstić information content (AvgIpc) is 3.08. The highest BCUT2D eigenvalue weighted by Crippen LogP contribution is 2.27. The largest absolute Gasteiger partial charge is 0.358 e. The van der Waals surface area contributed by atoms with Gasteiger partial charge < -0.3 is 10.3 Å². The van der Waals surface area contributed by atoms with Gasteiger partial charge in [0.25, 0.3) is 0 Å². The molecule has 5 heteroatoms. The molecule has 3 aromatic rings. The van der Waals surface area contributed by atoms with Gasteiger partial charge in [0.15, 0.2) is 0 Å². The van der Waals surface area contributed by atoms with Crippen LogP contribution in [0.4, 0.5) is 0 Å². The summed E-state index contributed by atoms with van der Waals surface area (Å²) in [6.07, 6.45) is 2.32. The molecule has 126 valence electrons. The lowest BCUT2D eigenvalue weighted by molar-refractivity contribution is -0.120. The first-order valence-corrected chi connectivity index (χ1v) is 8.30. The lowest BCUT2D eigenvalue weighted by atomic mass is 10.0. The molecule has 0 bridgehead atoms. The number of amides is 1. The minimum atomic E-state index is 0.0427. The van der Waals surface area contributed by atoms with E-state index in [9.17, 15) is 4.79 Å². The van der Waals surface area contributed by atoms with Crippen LogP contribution in [0.5, 0.6) is 0 Å². The van der Waals surface area contributed by atoms with Gasteiger partial charge in [-0.15, -0.1) is 0 Å². The van der Waals surface area contributed by atoms with Crippen LogP contribution in [-0.4, -0.2) is 27.2 Å². The Morgan fingerprint density at radius 2 is 2.00 bits per heavy atom. The number of nitrogens with zero attached hydrogens (tertiary/aromatic N) is 2. The molecule has 0 fully saturated rings. The summed E-state index contributed by atoms with van der Waals surface area (Å²) in [4.78, 5) is 15.7. The number of fused-ring (bicyclic) bond motifs is 1. The van der Waals surface area contributed by atoms with Gasteiger partial charge in [-0.3, -0.25) is 9.48 Å². The Kier molecular flexibility index (Phi) is 4.42. The smallest absolute Gasteiger partial charge is 0.224 e. The molecule has 0 aliphatic rings. The molecular weight excluding hydrogens is 300 g/mol. The molecule has 2 heterocycles. The molecule has 2 aromatic heterocycles. The maximum absolute atomic E-state index is 12.3. The maximum Gasteiger partial charge on any atom is 0.224 e. The molecule has 24 heavy (non-hydrogen) atoms. The summed E-state index contributed by atoms with van der Waals surface area (Å²) in [5, 5.41) is 8.45. The first-order valence-electron chi connectivity index (χ1n) is 8.30. The highest BCUT2D eigenvalue weighted by molar-refractivity contribution is 5.92. The van der Waals surface area contributed by atoms with Crippen molar-refractivity contribution in [3.8, 4) is 0 Å². The van der Waals surface area contributed by atoms with Crippen molar-refractivity contribution in [2.24, 2.45) is 0 Å². The lowest BCUT2D eigenvalue weighted by Crippen LogP contribution is -2.28. The van der Waals surface area contributed by atoms with E-state index in [1.165, 1.54) is 11.1 Å². The standard InChI is InChI=1S/C19H24N4O/c1-12-5-6-16-17(15(4)21-19(16)14(12)3)11-18(24)20-8-10-23-9-7-13(2)22-23/h5-7,9,21H,8,10-11H2,1-4H3,(H,20,24). The zero-order valence-corrected chi connectivity index (χ0v) is 14.7. The molecule has 0 unspecified atom stereocenters. The van der Waals surface area contributed by atoms with Crippen LogP contribution >= 0.6 is 0 Å². The Labute approximate surface area is 142 Å². The number of H-pyrrole nitrogens is 1. The number of aromatic nitrogens is 3. The Balaban J connectivity index is 1.67. The topological polar surface area (TPSA) is 62.7 Å². The summed E-state index contributed by atoms with van der Waals surface area (Å²) in [7, 11) is 0. The van der Waals surface area contributed by atoms with Gasteiger partial charge in [0, 0.05) is 29.3 Å². The molecule has 0 saturated heterocycles. The molecule has 0 spiro atoms. The fourth-order valence-electron chi connectivity index (χ4n) is 3.04. The summed E-state index contributed by atoms with van der Waals surface area (Å²) in [5.41, 5.74) is 6.78. The highest BCUT2D eigenvalue weighted by atomic mass is 16.1.